The van der Waals surface area contributed by atoms with Crippen molar-refractivity contribution in [3.8, 4) is 0 Å². The molecule has 3 heteroatoms. The number of carbonyl (C=O) groups is 1. The second-order valence-electron chi connectivity index (χ2n) is 4.79. The molecule has 1 aliphatic rings. The molecule has 0 saturated carbocycles. The lowest BCUT2D eigenvalue weighted by molar-refractivity contribution is 0.0946. The van der Waals surface area contributed by atoms with Gasteiger partial charge in [-0.2, -0.15) is 0 Å². The van der Waals surface area contributed by atoms with E-state index in [1.54, 1.807) is 12.1 Å². The first-order chi connectivity index (χ1) is 9.16. The molecule has 3 rings (SSSR count). The molecule has 1 nitrogen and oxygen atoms in total. The Bertz CT molecular complexity index is 649. The van der Waals surface area contributed by atoms with Gasteiger partial charge in [-0.05, 0) is 36.1 Å². The SMILES string of the molecule is O=C1c2ccccc2CC[C@@H]1c1ccc(Cl)c(Cl)c1. The molecule has 0 aliphatic heterocycles. The van der Waals surface area contributed by atoms with Crippen molar-refractivity contribution in [2.45, 2.75) is 18.8 Å². The van der Waals surface area contributed by atoms with E-state index in [1.165, 1.54) is 0 Å². The Balaban J connectivity index is 2.00. The first-order valence-electron chi connectivity index (χ1n) is 6.24. The predicted octanol–water partition coefficient (Wildman–Crippen LogP) is 4.91. The Hall–Kier alpha value is -1.31. The standard InChI is InChI=1S/C16H12Cl2O/c17-14-8-6-11(9-15(14)18)13-7-5-10-3-1-2-4-12(10)16(13)19/h1-4,6,8-9,13H,5,7H2/t13-/m1/s1. The van der Waals surface area contributed by atoms with Gasteiger partial charge < -0.3 is 0 Å². The first-order valence-corrected chi connectivity index (χ1v) is 6.99. The summed E-state index contributed by atoms with van der Waals surface area (Å²) in [5.74, 6) is 0.0740. The fourth-order valence-corrected chi connectivity index (χ4v) is 2.95. The molecule has 0 N–H and O–H groups in total. The number of carbonyl (C=O) groups excluding carboxylic acids is 1. The van der Waals surface area contributed by atoms with Crippen LogP contribution in [0.4, 0.5) is 0 Å². The monoisotopic (exact) mass is 290 g/mol. The Kier molecular flexibility index (Phi) is 3.34. The average Bonchev–Trinajstić information content (AvgIpc) is 2.43. The fourth-order valence-electron chi connectivity index (χ4n) is 2.64. The predicted molar refractivity (Wildman–Crippen MR) is 78.3 cm³/mol. The van der Waals surface area contributed by atoms with Crippen LogP contribution < -0.4 is 0 Å². The van der Waals surface area contributed by atoms with Crippen LogP contribution in [0.15, 0.2) is 42.5 Å². The maximum absolute atomic E-state index is 12.5. The van der Waals surface area contributed by atoms with Crippen LogP contribution in [-0.2, 0) is 6.42 Å². The molecule has 1 atom stereocenters. The van der Waals surface area contributed by atoms with Crippen LogP contribution in [0.2, 0.25) is 10.0 Å². The summed E-state index contributed by atoms with van der Waals surface area (Å²) in [6, 6.07) is 13.3. The lowest BCUT2D eigenvalue weighted by Crippen LogP contribution is -2.20. The van der Waals surface area contributed by atoms with Crippen molar-refractivity contribution in [2.24, 2.45) is 0 Å². The van der Waals surface area contributed by atoms with Crippen LogP contribution in [0.1, 0.15) is 33.8 Å². The number of hydrogen-bond donors (Lipinski definition) is 0. The normalized spacial score (nSPS) is 18.2. The third kappa shape index (κ3) is 2.29. The third-order valence-electron chi connectivity index (χ3n) is 3.65. The Morgan fingerprint density at radius 1 is 1.00 bits per heavy atom. The minimum Gasteiger partial charge on any atom is -0.293 e. The van der Waals surface area contributed by atoms with E-state index in [0.29, 0.717) is 10.0 Å². The molecule has 0 radical (unpaired) electrons. The number of fused-ring (bicyclic) bond motifs is 1. The number of halogens is 2. The molecule has 0 spiro atoms. The first kappa shape index (κ1) is 12.7. The summed E-state index contributed by atoms with van der Waals surface area (Å²) in [6.45, 7) is 0. The lowest BCUT2D eigenvalue weighted by atomic mass is 9.79. The van der Waals surface area contributed by atoms with Crippen molar-refractivity contribution in [3.63, 3.8) is 0 Å². The van der Waals surface area contributed by atoms with Gasteiger partial charge in [0.15, 0.2) is 5.78 Å². The zero-order chi connectivity index (χ0) is 13.4. The molecule has 0 unspecified atom stereocenters. The maximum atomic E-state index is 12.5. The Labute approximate surface area is 122 Å². The molecule has 0 aromatic heterocycles. The summed E-state index contributed by atoms with van der Waals surface area (Å²) < 4.78 is 0. The van der Waals surface area contributed by atoms with E-state index in [4.69, 9.17) is 23.2 Å². The number of ketones is 1. The highest BCUT2D eigenvalue weighted by molar-refractivity contribution is 6.42. The quantitative estimate of drug-likeness (QED) is 0.730. The van der Waals surface area contributed by atoms with Crippen LogP contribution in [0, 0.1) is 0 Å². The molecule has 96 valence electrons. The summed E-state index contributed by atoms with van der Waals surface area (Å²) in [5, 5.41) is 1.03. The van der Waals surface area contributed by atoms with Crippen molar-refractivity contribution in [3.05, 3.63) is 69.2 Å². The summed E-state index contributed by atoms with van der Waals surface area (Å²) in [4.78, 5) is 12.5. The number of rotatable bonds is 1. The van der Waals surface area contributed by atoms with Gasteiger partial charge in [0.2, 0.25) is 0 Å². The van der Waals surface area contributed by atoms with Gasteiger partial charge in [-0.15, -0.1) is 0 Å². The van der Waals surface area contributed by atoms with E-state index in [2.05, 4.69) is 0 Å². The molecule has 0 heterocycles. The molecule has 0 amide bonds. The highest BCUT2D eigenvalue weighted by Crippen LogP contribution is 2.35. The van der Waals surface area contributed by atoms with Crippen molar-refractivity contribution in [1.82, 2.24) is 0 Å². The minimum atomic E-state index is -0.107. The average molecular weight is 291 g/mol. The van der Waals surface area contributed by atoms with Gasteiger partial charge in [0, 0.05) is 11.5 Å². The van der Waals surface area contributed by atoms with Crippen LogP contribution in [0.3, 0.4) is 0 Å². The number of hydrogen-bond acceptors (Lipinski definition) is 1. The van der Waals surface area contributed by atoms with Crippen LogP contribution in [0.5, 0.6) is 0 Å². The minimum absolute atomic E-state index is 0.107. The highest BCUT2D eigenvalue weighted by Gasteiger charge is 2.28. The van der Waals surface area contributed by atoms with Crippen molar-refractivity contribution >= 4 is 29.0 Å². The molecule has 2 aromatic rings. The summed E-state index contributed by atoms with van der Waals surface area (Å²) in [5.41, 5.74) is 2.93. The van der Waals surface area contributed by atoms with Gasteiger partial charge in [0.1, 0.15) is 0 Å². The van der Waals surface area contributed by atoms with E-state index < -0.39 is 0 Å². The Morgan fingerprint density at radius 3 is 2.58 bits per heavy atom. The molecule has 0 saturated heterocycles. The number of benzene rings is 2. The summed E-state index contributed by atoms with van der Waals surface area (Å²) in [6.07, 6.45) is 1.75. The van der Waals surface area contributed by atoms with Crippen molar-refractivity contribution in [1.29, 1.82) is 0 Å². The van der Waals surface area contributed by atoms with Crippen LogP contribution in [-0.4, -0.2) is 5.78 Å². The second-order valence-corrected chi connectivity index (χ2v) is 5.60. The number of aryl methyl sites for hydroxylation is 1. The van der Waals surface area contributed by atoms with Crippen LogP contribution in [0.25, 0.3) is 0 Å². The topological polar surface area (TPSA) is 17.1 Å². The molecule has 1 aliphatic carbocycles. The lowest BCUT2D eigenvalue weighted by Gasteiger charge is -2.23. The molecule has 19 heavy (non-hydrogen) atoms. The van der Waals surface area contributed by atoms with Gasteiger partial charge in [-0.25, -0.2) is 0 Å². The zero-order valence-electron chi connectivity index (χ0n) is 10.2. The molecule has 2 aromatic carbocycles. The fraction of sp³-hybridized carbons (Fsp3) is 0.188. The van der Waals surface area contributed by atoms with Gasteiger partial charge in [-0.1, -0.05) is 53.5 Å². The van der Waals surface area contributed by atoms with E-state index in [0.717, 1.165) is 29.5 Å². The second kappa shape index (κ2) is 4.99. The third-order valence-corrected chi connectivity index (χ3v) is 4.39. The largest absolute Gasteiger partial charge is 0.293 e. The van der Waals surface area contributed by atoms with Gasteiger partial charge in [0.05, 0.1) is 10.0 Å². The van der Waals surface area contributed by atoms with Gasteiger partial charge in [-0.3, -0.25) is 4.79 Å². The van der Waals surface area contributed by atoms with E-state index in [-0.39, 0.29) is 11.7 Å². The summed E-state index contributed by atoms with van der Waals surface area (Å²) >= 11 is 12.0. The zero-order valence-corrected chi connectivity index (χ0v) is 11.7. The highest BCUT2D eigenvalue weighted by atomic mass is 35.5. The Morgan fingerprint density at radius 2 is 1.79 bits per heavy atom. The summed E-state index contributed by atoms with van der Waals surface area (Å²) in [7, 11) is 0. The number of Topliss-reactive ketones (excluding diaryl/α,β-unsaturated/α-hetero) is 1. The smallest absolute Gasteiger partial charge is 0.170 e. The van der Waals surface area contributed by atoms with Crippen molar-refractivity contribution < 1.29 is 4.79 Å². The molecule has 0 fully saturated rings. The molecule has 0 bridgehead atoms. The van der Waals surface area contributed by atoms with Crippen LogP contribution >= 0.6 is 23.2 Å². The van der Waals surface area contributed by atoms with E-state index in [1.807, 2.05) is 30.3 Å². The maximum Gasteiger partial charge on any atom is 0.170 e. The van der Waals surface area contributed by atoms with Gasteiger partial charge in [0.25, 0.3) is 0 Å². The van der Waals surface area contributed by atoms with E-state index >= 15 is 0 Å². The van der Waals surface area contributed by atoms with E-state index in [9.17, 15) is 4.79 Å². The molecular formula is C16H12Cl2O. The van der Waals surface area contributed by atoms with Crippen molar-refractivity contribution in [2.75, 3.05) is 0 Å². The van der Waals surface area contributed by atoms with Gasteiger partial charge >= 0.3 is 0 Å². The molecular weight excluding hydrogens is 279 g/mol.